The zero-order chi connectivity index (χ0) is 22.2. The molecular formula is C23H23FN4O4. The maximum atomic E-state index is 15.5. The van der Waals surface area contributed by atoms with Crippen LogP contribution >= 0.6 is 0 Å². The van der Waals surface area contributed by atoms with Gasteiger partial charge in [-0.3, -0.25) is 4.79 Å². The Morgan fingerprint density at radius 2 is 2.06 bits per heavy atom. The average Bonchev–Trinajstić information content (AvgIpc) is 3.58. The van der Waals surface area contributed by atoms with Crippen LogP contribution in [0.4, 0.5) is 15.9 Å². The number of rotatable bonds is 5. The second-order valence-electron chi connectivity index (χ2n) is 7.99. The second-order valence-corrected chi connectivity index (χ2v) is 7.99. The van der Waals surface area contributed by atoms with Crippen LogP contribution in [0.15, 0.2) is 30.5 Å². The van der Waals surface area contributed by atoms with Gasteiger partial charge in [0.2, 0.25) is 5.91 Å². The molecule has 2 N–H and O–H groups in total. The first kappa shape index (κ1) is 20.4. The third kappa shape index (κ3) is 3.69. The number of hydrogen-bond acceptors (Lipinski definition) is 6. The lowest BCUT2D eigenvalue weighted by Crippen LogP contribution is -2.36. The molecular weight excluding hydrogens is 415 g/mol. The van der Waals surface area contributed by atoms with E-state index >= 15 is 4.39 Å². The van der Waals surface area contributed by atoms with E-state index in [-0.39, 0.29) is 23.2 Å². The number of H-pyrrole nitrogens is 1. The maximum Gasteiger partial charge on any atom is 0.340 e. The Kier molecular flexibility index (Phi) is 5.26. The summed E-state index contributed by atoms with van der Waals surface area (Å²) in [6.45, 7) is 2.32. The molecule has 3 heterocycles. The van der Waals surface area contributed by atoms with Crippen LogP contribution in [0, 0.1) is 11.7 Å². The number of esters is 1. The molecule has 9 heteroatoms. The van der Waals surface area contributed by atoms with Gasteiger partial charge in [0.1, 0.15) is 0 Å². The lowest BCUT2D eigenvalue weighted by atomic mass is 10.1. The summed E-state index contributed by atoms with van der Waals surface area (Å²) in [4.78, 5) is 34.0. The number of carbonyl (C=O) groups is 2. The van der Waals surface area contributed by atoms with Gasteiger partial charge in [-0.25, -0.2) is 14.2 Å². The van der Waals surface area contributed by atoms with Crippen molar-refractivity contribution < 1.29 is 23.5 Å². The smallest absolute Gasteiger partial charge is 0.340 e. The highest BCUT2D eigenvalue weighted by Crippen LogP contribution is 2.36. The van der Waals surface area contributed by atoms with Crippen molar-refractivity contribution in [3.63, 3.8) is 0 Å². The zero-order valence-corrected chi connectivity index (χ0v) is 17.6. The topological polar surface area (TPSA) is 96.5 Å². The number of carbonyl (C=O) groups excluding carboxylic acids is 2. The molecule has 1 aliphatic heterocycles. The molecule has 166 valence electrons. The van der Waals surface area contributed by atoms with Gasteiger partial charge in [0.05, 0.1) is 37.1 Å². The number of amides is 1. The van der Waals surface area contributed by atoms with Crippen LogP contribution in [0.1, 0.15) is 23.2 Å². The number of benzene rings is 1. The third-order valence-electron chi connectivity index (χ3n) is 5.88. The summed E-state index contributed by atoms with van der Waals surface area (Å²) < 4.78 is 25.8. The predicted octanol–water partition coefficient (Wildman–Crippen LogP) is 3.34. The van der Waals surface area contributed by atoms with Crippen molar-refractivity contribution >= 4 is 34.3 Å². The average molecular weight is 438 g/mol. The van der Waals surface area contributed by atoms with Crippen molar-refractivity contribution in [2.45, 2.75) is 12.8 Å². The second kappa shape index (κ2) is 8.23. The first-order valence-electron chi connectivity index (χ1n) is 10.6. The molecule has 1 saturated carbocycles. The molecule has 1 aliphatic carbocycles. The Bertz CT molecular complexity index is 1200. The van der Waals surface area contributed by atoms with Crippen LogP contribution in [0.5, 0.6) is 0 Å². The Balaban J connectivity index is 1.60. The first-order chi connectivity index (χ1) is 15.6. The Morgan fingerprint density at radius 1 is 1.28 bits per heavy atom. The zero-order valence-electron chi connectivity index (χ0n) is 17.6. The van der Waals surface area contributed by atoms with Gasteiger partial charge in [-0.1, -0.05) is 6.07 Å². The minimum absolute atomic E-state index is 0.00999. The van der Waals surface area contributed by atoms with Crippen LogP contribution < -0.4 is 10.2 Å². The van der Waals surface area contributed by atoms with Gasteiger partial charge in [0.15, 0.2) is 11.6 Å². The molecule has 0 bridgehead atoms. The van der Waals surface area contributed by atoms with Crippen molar-refractivity contribution in [3.05, 3.63) is 41.8 Å². The van der Waals surface area contributed by atoms with Gasteiger partial charge in [-0.15, -0.1) is 0 Å². The molecule has 0 spiro atoms. The number of aromatic nitrogens is 2. The lowest BCUT2D eigenvalue weighted by Gasteiger charge is -2.29. The van der Waals surface area contributed by atoms with E-state index in [1.54, 1.807) is 24.3 Å². The van der Waals surface area contributed by atoms with Crippen LogP contribution in [0.2, 0.25) is 0 Å². The van der Waals surface area contributed by atoms with E-state index in [1.165, 1.54) is 13.3 Å². The normalized spacial score (nSPS) is 16.2. The summed E-state index contributed by atoms with van der Waals surface area (Å²) in [6.07, 6.45) is 3.07. The molecule has 0 atom stereocenters. The van der Waals surface area contributed by atoms with Crippen LogP contribution in [-0.4, -0.2) is 55.3 Å². The molecule has 2 aromatic heterocycles. The van der Waals surface area contributed by atoms with Crippen molar-refractivity contribution in [3.8, 4) is 11.3 Å². The van der Waals surface area contributed by atoms with Crippen LogP contribution in [0.3, 0.4) is 0 Å². The summed E-state index contributed by atoms with van der Waals surface area (Å²) >= 11 is 0. The van der Waals surface area contributed by atoms with E-state index in [2.05, 4.69) is 15.3 Å². The molecule has 0 unspecified atom stereocenters. The minimum Gasteiger partial charge on any atom is -0.465 e. The molecule has 2 fully saturated rings. The predicted molar refractivity (Wildman–Crippen MR) is 117 cm³/mol. The molecule has 2 aliphatic rings. The number of nitrogens with zero attached hydrogens (tertiary/aromatic N) is 2. The van der Waals surface area contributed by atoms with Gasteiger partial charge in [-0.05, 0) is 31.0 Å². The van der Waals surface area contributed by atoms with Gasteiger partial charge in [-0.2, -0.15) is 0 Å². The number of aromatic amines is 1. The van der Waals surface area contributed by atoms with Gasteiger partial charge < -0.3 is 24.7 Å². The number of fused-ring (bicyclic) bond motifs is 1. The number of morpholine rings is 1. The molecule has 8 nitrogen and oxygen atoms in total. The molecule has 1 saturated heterocycles. The number of hydrogen-bond donors (Lipinski definition) is 2. The van der Waals surface area contributed by atoms with E-state index in [0.717, 1.165) is 12.8 Å². The summed E-state index contributed by atoms with van der Waals surface area (Å²) in [5.74, 6) is -0.737. The summed E-state index contributed by atoms with van der Waals surface area (Å²) in [7, 11) is 1.29. The molecule has 32 heavy (non-hydrogen) atoms. The highest BCUT2D eigenvalue weighted by molar-refractivity contribution is 6.10. The number of methoxy groups -OCH3 is 1. The molecule has 1 amide bonds. The van der Waals surface area contributed by atoms with E-state index in [1.807, 2.05) is 4.90 Å². The lowest BCUT2D eigenvalue weighted by molar-refractivity contribution is -0.117. The van der Waals surface area contributed by atoms with Crippen LogP contribution in [-0.2, 0) is 14.3 Å². The van der Waals surface area contributed by atoms with E-state index in [4.69, 9.17) is 9.47 Å². The highest BCUT2D eigenvalue weighted by Gasteiger charge is 2.31. The Hall–Kier alpha value is -3.46. The van der Waals surface area contributed by atoms with Crippen molar-refractivity contribution in [2.75, 3.05) is 43.6 Å². The van der Waals surface area contributed by atoms with Crippen LogP contribution in [0.25, 0.3) is 22.2 Å². The van der Waals surface area contributed by atoms with Crippen molar-refractivity contribution in [2.24, 2.45) is 5.92 Å². The SMILES string of the molecule is COC(=O)c1cnc(NC(=O)C2CC2)c2[nH]c(-c3cccc(N4CCOCC4)c3F)cc12. The fourth-order valence-electron chi connectivity index (χ4n) is 3.97. The number of anilines is 2. The maximum absolute atomic E-state index is 15.5. The third-order valence-corrected chi connectivity index (χ3v) is 5.88. The van der Waals surface area contributed by atoms with Crippen molar-refractivity contribution in [1.82, 2.24) is 9.97 Å². The standard InChI is InChI=1S/C23H23FN4O4/c1-31-23(30)16-12-25-21(27-22(29)13-5-6-13)20-15(16)11-17(26-20)14-3-2-4-18(19(14)24)28-7-9-32-10-8-28/h2-4,11-13,26H,5-10H2,1H3,(H,25,27,29). The number of ether oxygens (including phenoxy) is 2. The summed E-state index contributed by atoms with van der Waals surface area (Å²) in [6, 6.07) is 6.91. The fourth-order valence-corrected chi connectivity index (χ4v) is 3.97. The van der Waals surface area contributed by atoms with Gasteiger partial charge >= 0.3 is 5.97 Å². The van der Waals surface area contributed by atoms with E-state index < -0.39 is 5.97 Å². The monoisotopic (exact) mass is 438 g/mol. The quantitative estimate of drug-likeness (QED) is 0.593. The van der Waals surface area contributed by atoms with Gasteiger partial charge in [0, 0.05) is 41.8 Å². The van der Waals surface area contributed by atoms with Gasteiger partial charge in [0.25, 0.3) is 0 Å². The van der Waals surface area contributed by atoms with E-state index in [9.17, 15) is 9.59 Å². The largest absolute Gasteiger partial charge is 0.465 e. The Labute approximate surface area is 183 Å². The number of nitrogens with one attached hydrogen (secondary N) is 2. The number of halogens is 1. The summed E-state index contributed by atoms with van der Waals surface area (Å²) in [5.41, 5.74) is 2.03. The number of pyridine rings is 1. The molecule has 3 aromatic rings. The fraction of sp³-hybridized carbons (Fsp3) is 0.348. The Morgan fingerprint density at radius 3 is 2.78 bits per heavy atom. The molecule has 1 aromatic carbocycles. The minimum atomic E-state index is -0.560. The van der Waals surface area contributed by atoms with Crippen molar-refractivity contribution in [1.29, 1.82) is 0 Å². The summed E-state index contributed by atoms with van der Waals surface area (Å²) in [5, 5.41) is 3.33. The van der Waals surface area contributed by atoms with E-state index in [0.29, 0.717) is 60.0 Å². The molecule has 0 radical (unpaired) electrons. The molecule has 5 rings (SSSR count). The highest BCUT2D eigenvalue weighted by atomic mass is 19.1. The first-order valence-corrected chi connectivity index (χ1v) is 10.6.